The zero-order valence-corrected chi connectivity index (χ0v) is 22.7. The molecule has 194 valence electrons. The first-order chi connectivity index (χ1) is 20.3. The van der Waals surface area contributed by atoms with E-state index < -0.39 is 0 Å². The summed E-state index contributed by atoms with van der Waals surface area (Å²) < 4.78 is 0. The van der Waals surface area contributed by atoms with Crippen molar-refractivity contribution < 1.29 is 0 Å². The van der Waals surface area contributed by atoms with Gasteiger partial charge in [-0.15, -0.1) is 0 Å². The first-order valence-corrected chi connectivity index (χ1v) is 14.0. The molecule has 0 fully saturated rings. The topological polar surface area (TPSA) is 3.24 Å². The molecule has 0 aromatic heterocycles. The molecule has 7 aromatic carbocycles. The average molecular weight is 524 g/mol. The first-order valence-electron chi connectivity index (χ1n) is 14.0. The van der Waals surface area contributed by atoms with E-state index >= 15 is 0 Å². The highest BCUT2D eigenvalue weighted by atomic mass is 15.1. The minimum absolute atomic E-state index is 1.12. The van der Waals surface area contributed by atoms with E-state index in [2.05, 4.69) is 181 Å². The lowest BCUT2D eigenvalue weighted by molar-refractivity contribution is 1.28. The molecule has 0 aliphatic heterocycles. The quantitative estimate of drug-likeness (QED) is 0.209. The summed E-state index contributed by atoms with van der Waals surface area (Å²) in [5.41, 5.74) is 10.6. The number of benzene rings is 7. The second kappa shape index (κ2) is 11.0. The summed E-state index contributed by atoms with van der Waals surface area (Å²) in [4.78, 5) is 2.37. The van der Waals surface area contributed by atoms with E-state index in [4.69, 9.17) is 0 Å². The molecule has 0 spiro atoms. The van der Waals surface area contributed by atoms with Gasteiger partial charge >= 0.3 is 0 Å². The van der Waals surface area contributed by atoms with Gasteiger partial charge in [0, 0.05) is 17.1 Å². The van der Waals surface area contributed by atoms with E-state index in [-0.39, 0.29) is 0 Å². The Morgan fingerprint density at radius 1 is 0.293 bits per heavy atom. The molecule has 0 saturated heterocycles. The Morgan fingerprint density at radius 3 is 1.29 bits per heavy atom. The Balaban J connectivity index is 1.40. The van der Waals surface area contributed by atoms with Crippen LogP contribution in [0.2, 0.25) is 0 Å². The van der Waals surface area contributed by atoms with E-state index in [1.807, 2.05) is 0 Å². The second-order valence-corrected chi connectivity index (χ2v) is 10.2. The molecule has 0 atom stereocenters. The molecule has 0 unspecified atom stereocenters. The molecular formula is C40H29N. The smallest absolute Gasteiger partial charge is 0.0467 e. The van der Waals surface area contributed by atoms with Crippen molar-refractivity contribution in [2.45, 2.75) is 0 Å². The molecular weight excluding hydrogens is 494 g/mol. The van der Waals surface area contributed by atoms with E-state index in [0.717, 1.165) is 17.1 Å². The summed E-state index contributed by atoms with van der Waals surface area (Å²) >= 11 is 0. The number of hydrogen-bond donors (Lipinski definition) is 0. The normalized spacial score (nSPS) is 10.9. The first kappa shape index (κ1) is 24.6. The highest BCUT2D eigenvalue weighted by Gasteiger charge is 2.16. The number of nitrogens with zero attached hydrogens (tertiary/aromatic N) is 1. The Bertz CT molecular complexity index is 1850. The van der Waals surface area contributed by atoms with Gasteiger partial charge in [-0.25, -0.2) is 0 Å². The van der Waals surface area contributed by atoms with Crippen molar-refractivity contribution in [1.82, 2.24) is 0 Å². The zero-order valence-electron chi connectivity index (χ0n) is 22.7. The van der Waals surface area contributed by atoms with Crippen LogP contribution in [-0.2, 0) is 0 Å². The SMILES string of the molecule is c1ccc(-c2cccc(N(c3cccc(-c4ccccc4)c3)c3cccc(-c4cccc5ccccc45)c3)c2)cc1. The molecule has 0 aliphatic rings. The minimum Gasteiger partial charge on any atom is -0.310 e. The second-order valence-electron chi connectivity index (χ2n) is 10.2. The molecule has 0 N–H and O–H groups in total. The molecule has 0 aliphatic carbocycles. The molecule has 1 heteroatoms. The van der Waals surface area contributed by atoms with Gasteiger partial charge < -0.3 is 4.90 Å². The van der Waals surface area contributed by atoms with Gasteiger partial charge in [-0.2, -0.15) is 0 Å². The van der Waals surface area contributed by atoms with Crippen molar-refractivity contribution in [3.05, 3.63) is 176 Å². The lowest BCUT2D eigenvalue weighted by atomic mass is 9.97. The molecule has 1 nitrogen and oxygen atoms in total. The van der Waals surface area contributed by atoms with E-state index in [9.17, 15) is 0 Å². The van der Waals surface area contributed by atoms with Crippen LogP contribution in [0, 0.1) is 0 Å². The lowest BCUT2D eigenvalue weighted by Crippen LogP contribution is -2.10. The fraction of sp³-hybridized carbons (Fsp3) is 0. The summed E-state index contributed by atoms with van der Waals surface area (Å²) in [6.45, 7) is 0. The highest BCUT2D eigenvalue weighted by molar-refractivity contribution is 5.97. The maximum Gasteiger partial charge on any atom is 0.0467 e. The third-order valence-corrected chi connectivity index (χ3v) is 7.63. The van der Waals surface area contributed by atoms with Gasteiger partial charge in [0.25, 0.3) is 0 Å². The van der Waals surface area contributed by atoms with Gasteiger partial charge in [0.05, 0.1) is 0 Å². The van der Waals surface area contributed by atoms with E-state index in [0.29, 0.717) is 0 Å². The average Bonchev–Trinajstić information content (AvgIpc) is 3.06. The molecule has 7 rings (SSSR count). The van der Waals surface area contributed by atoms with Crippen LogP contribution in [0.15, 0.2) is 176 Å². The molecule has 7 aromatic rings. The van der Waals surface area contributed by atoms with Crippen LogP contribution in [0.4, 0.5) is 17.1 Å². The maximum atomic E-state index is 2.37. The van der Waals surface area contributed by atoms with Crippen LogP contribution in [0.3, 0.4) is 0 Å². The van der Waals surface area contributed by atoms with Crippen LogP contribution >= 0.6 is 0 Å². The van der Waals surface area contributed by atoms with Crippen molar-refractivity contribution in [2.75, 3.05) is 4.90 Å². The number of rotatable bonds is 6. The highest BCUT2D eigenvalue weighted by Crippen LogP contribution is 2.40. The Hall–Kier alpha value is -5.40. The zero-order chi connectivity index (χ0) is 27.4. The van der Waals surface area contributed by atoms with Gasteiger partial charge in [0.1, 0.15) is 0 Å². The van der Waals surface area contributed by atoms with Gasteiger partial charge in [-0.3, -0.25) is 0 Å². The van der Waals surface area contributed by atoms with Crippen molar-refractivity contribution in [2.24, 2.45) is 0 Å². The standard InChI is InChI=1S/C40H29N/c1-3-13-30(14-4-1)33-19-9-22-36(27-33)41(37-23-10-20-34(28-37)31-15-5-2-6-16-31)38-24-11-21-35(29-38)40-26-12-18-32-17-7-8-25-39(32)40/h1-29H. The fourth-order valence-electron chi connectivity index (χ4n) is 5.65. The molecule has 0 heterocycles. The Kier molecular flexibility index (Phi) is 6.61. The van der Waals surface area contributed by atoms with Gasteiger partial charge in [0.2, 0.25) is 0 Å². The third kappa shape index (κ3) is 5.02. The van der Waals surface area contributed by atoms with Crippen molar-refractivity contribution in [3.8, 4) is 33.4 Å². The molecule has 0 bridgehead atoms. The van der Waals surface area contributed by atoms with Crippen molar-refractivity contribution in [3.63, 3.8) is 0 Å². The summed E-state index contributed by atoms with van der Waals surface area (Å²) in [7, 11) is 0. The molecule has 41 heavy (non-hydrogen) atoms. The molecule has 0 saturated carbocycles. The Morgan fingerprint density at radius 2 is 0.707 bits per heavy atom. The number of hydrogen-bond acceptors (Lipinski definition) is 1. The maximum absolute atomic E-state index is 2.37. The summed E-state index contributed by atoms with van der Waals surface area (Å²) in [6, 6.07) is 62.9. The predicted molar refractivity (Wildman–Crippen MR) is 175 cm³/mol. The van der Waals surface area contributed by atoms with Crippen LogP contribution in [-0.4, -0.2) is 0 Å². The predicted octanol–water partition coefficient (Wildman–Crippen LogP) is 11.3. The van der Waals surface area contributed by atoms with Gasteiger partial charge in [-0.05, 0) is 80.6 Å². The van der Waals surface area contributed by atoms with E-state index in [1.165, 1.54) is 44.2 Å². The fourth-order valence-corrected chi connectivity index (χ4v) is 5.65. The van der Waals surface area contributed by atoms with Crippen LogP contribution in [0.1, 0.15) is 0 Å². The monoisotopic (exact) mass is 523 g/mol. The molecule has 0 amide bonds. The van der Waals surface area contributed by atoms with Crippen molar-refractivity contribution in [1.29, 1.82) is 0 Å². The Labute approximate surface area is 241 Å². The van der Waals surface area contributed by atoms with Crippen LogP contribution < -0.4 is 4.90 Å². The summed E-state index contributed by atoms with van der Waals surface area (Å²) in [6.07, 6.45) is 0. The number of fused-ring (bicyclic) bond motifs is 1. The van der Waals surface area contributed by atoms with Gasteiger partial charge in [0.15, 0.2) is 0 Å². The van der Waals surface area contributed by atoms with Gasteiger partial charge in [-0.1, -0.05) is 140 Å². The minimum atomic E-state index is 1.12. The summed E-state index contributed by atoms with van der Waals surface area (Å²) in [5, 5.41) is 2.51. The largest absolute Gasteiger partial charge is 0.310 e. The van der Waals surface area contributed by atoms with Crippen LogP contribution in [0.25, 0.3) is 44.2 Å². The van der Waals surface area contributed by atoms with E-state index in [1.54, 1.807) is 0 Å². The van der Waals surface area contributed by atoms with Crippen molar-refractivity contribution >= 4 is 27.8 Å². The third-order valence-electron chi connectivity index (χ3n) is 7.63. The van der Waals surface area contributed by atoms with Crippen LogP contribution in [0.5, 0.6) is 0 Å². The number of anilines is 3. The molecule has 0 radical (unpaired) electrons. The summed E-state index contributed by atoms with van der Waals surface area (Å²) in [5.74, 6) is 0. The lowest BCUT2D eigenvalue weighted by Gasteiger charge is -2.27.